The van der Waals surface area contributed by atoms with Crippen molar-refractivity contribution < 1.29 is 0 Å². The first-order valence-corrected chi connectivity index (χ1v) is 5.67. The summed E-state index contributed by atoms with van der Waals surface area (Å²) in [6.07, 6.45) is 1.56. The van der Waals surface area contributed by atoms with Gasteiger partial charge in [-0.15, -0.1) is 0 Å². The predicted octanol–water partition coefficient (Wildman–Crippen LogP) is 2.58. The summed E-state index contributed by atoms with van der Waals surface area (Å²) in [5.74, 6) is 0.454. The predicted molar refractivity (Wildman–Crippen MR) is 67.9 cm³/mol. The Hall–Kier alpha value is -2.27. The largest absolute Gasteiger partial charge is 0.226 e. The van der Waals surface area contributed by atoms with Crippen LogP contribution < -0.4 is 0 Å². The van der Waals surface area contributed by atoms with Crippen LogP contribution in [-0.4, -0.2) is 25.4 Å². The van der Waals surface area contributed by atoms with Crippen molar-refractivity contribution in [3.63, 3.8) is 0 Å². The zero-order chi connectivity index (χ0) is 12.4. The molecule has 0 radical (unpaired) electrons. The van der Waals surface area contributed by atoms with E-state index in [2.05, 4.69) is 25.4 Å². The van der Waals surface area contributed by atoms with Gasteiger partial charge in [0.2, 0.25) is 0 Å². The second-order valence-corrected chi connectivity index (χ2v) is 4.01. The van der Waals surface area contributed by atoms with Crippen molar-refractivity contribution >= 4 is 11.6 Å². The molecule has 0 saturated heterocycles. The Kier molecular flexibility index (Phi) is 2.74. The Morgan fingerprint density at radius 1 is 1.00 bits per heavy atom. The Bertz CT molecular complexity index is 651. The third kappa shape index (κ3) is 2.08. The van der Waals surface area contributed by atoms with Crippen molar-refractivity contribution in [1.82, 2.24) is 25.4 Å². The fraction of sp³-hybridized carbons (Fsp3) is 0. The van der Waals surface area contributed by atoms with E-state index in [0.717, 1.165) is 11.3 Å². The molecule has 0 spiro atoms. The Morgan fingerprint density at radius 2 is 1.83 bits per heavy atom. The van der Waals surface area contributed by atoms with Crippen LogP contribution in [0.5, 0.6) is 0 Å². The first-order chi connectivity index (χ1) is 8.83. The molecule has 18 heavy (non-hydrogen) atoms. The van der Waals surface area contributed by atoms with Gasteiger partial charge >= 0.3 is 0 Å². The molecule has 0 bridgehead atoms. The SMILES string of the molecule is Clc1cc(-c2ccccc2)nc(-c2cn[nH]n2)n1. The molecule has 0 fully saturated rings. The summed E-state index contributed by atoms with van der Waals surface area (Å²) in [5.41, 5.74) is 2.30. The summed E-state index contributed by atoms with van der Waals surface area (Å²) < 4.78 is 0. The van der Waals surface area contributed by atoms with E-state index in [1.165, 1.54) is 0 Å². The van der Waals surface area contributed by atoms with E-state index in [1.54, 1.807) is 12.3 Å². The third-order valence-corrected chi connectivity index (χ3v) is 2.60. The molecule has 0 unspecified atom stereocenters. The van der Waals surface area contributed by atoms with Crippen molar-refractivity contribution in [2.75, 3.05) is 0 Å². The van der Waals surface area contributed by atoms with Crippen molar-refractivity contribution in [2.45, 2.75) is 0 Å². The van der Waals surface area contributed by atoms with Crippen LogP contribution in [0.15, 0.2) is 42.6 Å². The van der Waals surface area contributed by atoms with E-state index in [9.17, 15) is 0 Å². The standard InChI is InChI=1S/C12H8ClN5/c13-11-6-9(8-4-2-1-3-5-8)15-12(16-11)10-7-14-18-17-10/h1-7H,(H,14,17,18). The van der Waals surface area contributed by atoms with Crippen LogP contribution in [0.25, 0.3) is 22.8 Å². The minimum absolute atomic E-state index is 0.377. The number of rotatable bonds is 2. The molecule has 88 valence electrons. The lowest BCUT2D eigenvalue weighted by Gasteiger charge is -2.03. The molecule has 2 heterocycles. The van der Waals surface area contributed by atoms with E-state index in [1.807, 2.05) is 30.3 Å². The average Bonchev–Trinajstić information content (AvgIpc) is 2.93. The fourth-order valence-corrected chi connectivity index (χ4v) is 1.78. The van der Waals surface area contributed by atoms with Crippen LogP contribution in [-0.2, 0) is 0 Å². The lowest BCUT2D eigenvalue weighted by Crippen LogP contribution is -1.93. The van der Waals surface area contributed by atoms with Gasteiger partial charge in [0.1, 0.15) is 10.8 Å². The molecule has 0 atom stereocenters. The second-order valence-electron chi connectivity index (χ2n) is 3.62. The number of hydrogen-bond donors (Lipinski definition) is 1. The van der Waals surface area contributed by atoms with Crippen LogP contribution in [0, 0.1) is 0 Å². The quantitative estimate of drug-likeness (QED) is 0.717. The van der Waals surface area contributed by atoms with Crippen LogP contribution in [0.3, 0.4) is 0 Å². The summed E-state index contributed by atoms with van der Waals surface area (Å²) >= 11 is 6.01. The summed E-state index contributed by atoms with van der Waals surface area (Å²) in [5, 5.41) is 10.6. The number of aromatic amines is 1. The van der Waals surface area contributed by atoms with E-state index in [4.69, 9.17) is 11.6 Å². The molecule has 5 nitrogen and oxygen atoms in total. The van der Waals surface area contributed by atoms with Crippen LogP contribution in [0.1, 0.15) is 0 Å². The molecule has 3 rings (SSSR count). The highest BCUT2D eigenvalue weighted by atomic mass is 35.5. The highest BCUT2D eigenvalue weighted by molar-refractivity contribution is 6.29. The fourth-order valence-electron chi connectivity index (χ4n) is 1.60. The van der Waals surface area contributed by atoms with Gasteiger partial charge in [-0.25, -0.2) is 9.97 Å². The van der Waals surface area contributed by atoms with E-state index in [-0.39, 0.29) is 0 Å². The lowest BCUT2D eigenvalue weighted by atomic mass is 10.1. The van der Waals surface area contributed by atoms with Gasteiger partial charge in [0, 0.05) is 11.6 Å². The van der Waals surface area contributed by atoms with Crippen LogP contribution >= 0.6 is 11.6 Å². The maximum Gasteiger partial charge on any atom is 0.183 e. The molecule has 0 aliphatic rings. The molecule has 0 amide bonds. The first kappa shape index (κ1) is 10.9. The minimum Gasteiger partial charge on any atom is -0.226 e. The van der Waals surface area contributed by atoms with Crippen LogP contribution in [0.4, 0.5) is 0 Å². The Balaban J connectivity index is 2.12. The van der Waals surface area contributed by atoms with Gasteiger partial charge in [-0.1, -0.05) is 41.9 Å². The minimum atomic E-state index is 0.377. The second kappa shape index (κ2) is 4.54. The summed E-state index contributed by atoms with van der Waals surface area (Å²) in [4.78, 5) is 8.56. The summed E-state index contributed by atoms with van der Waals surface area (Å²) in [6.45, 7) is 0. The number of hydrogen-bond acceptors (Lipinski definition) is 4. The number of nitrogens with zero attached hydrogens (tertiary/aromatic N) is 4. The molecule has 6 heteroatoms. The molecule has 1 N–H and O–H groups in total. The summed E-state index contributed by atoms with van der Waals surface area (Å²) in [6, 6.07) is 11.5. The van der Waals surface area contributed by atoms with E-state index in [0.29, 0.717) is 16.7 Å². The number of H-pyrrole nitrogens is 1. The van der Waals surface area contributed by atoms with Gasteiger partial charge in [0.15, 0.2) is 5.82 Å². The lowest BCUT2D eigenvalue weighted by molar-refractivity contribution is 0.938. The molecular formula is C12H8ClN5. The smallest absolute Gasteiger partial charge is 0.183 e. The Labute approximate surface area is 108 Å². The molecule has 0 saturated carbocycles. The number of aromatic nitrogens is 5. The number of benzene rings is 1. The highest BCUT2D eigenvalue weighted by Crippen LogP contribution is 2.22. The molecule has 0 aliphatic carbocycles. The first-order valence-electron chi connectivity index (χ1n) is 5.29. The molecule has 2 aromatic heterocycles. The third-order valence-electron chi connectivity index (χ3n) is 2.41. The maximum atomic E-state index is 6.01. The molecule has 0 aliphatic heterocycles. The van der Waals surface area contributed by atoms with E-state index >= 15 is 0 Å². The normalized spacial score (nSPS) is 10.5. The van der Waals surface area contributed by atoms with Crippen molar-refractivity contribution in [3.05, 3.63) is 47.7 Å². The van der Waals surface area contributed by atoms with Gasteiger partial charge in [0.05, 0.1) is 11.9 Å². The van der Waals surface area contributed by atoms with Gasteiger partial charge in [0.25, 0.3) is 0 Å². The molecule has 1 aromatic carbocycles. The zero-order valence-electron chi connectivity index (χ0n) is 9.21. The van der Waals surface area contributed by atoms with Crippen molar-refractivity contribution in [3.8, 4) is 22.8 Å². The monoisotopic (exact) mass is 257 g/mol. The Morgan fingerprint density at radius 3 is 2.56 bits per heavy atom. The van der Waals surface area contributed by atoms with Crippen LogP contribution in [0.2, 0.25) is 5.15 Å². The number of nitrogens with one attached hydrogen (secondary N) is 1. The van der Waals surface area contributed by atoms with Crippen molar-refractivity contribution in [2.24, 2.45) is 0 Å². The molecular weight excluding hydrogens is 250 g/mol. The average molecular weight is 258 g/mol. The number of halogens is 1. The van der Waals surface area contributed by atoms with Crippen molar-refractivity contribution in [1.29, 1.82) is 0 Å². The highest BCUT2D eigenvalue weighted by Gasteiger charge is 2.09. The zero-order valence-corrected chi connectivity index (χ0v) is 9.96. The van der Waals surface area contributed by atoms with Gasteiger partial charge in [-0.2, -0.15) is 15.4 Å². The van der Waals surface area contributed by atoms with Gasteiger partial charge in [-0.05, 0) is 0 Å². The van der Waals surface area contributed by atoms with Gasteiger partial charge in [-0.3, -0.25) is 0 Å². The summed E-state index contributed by atoms with van der Waals surface area (Å²) in [7, 11) is 0. The maximum absolute atomic E-state index is 6.01. The van der Waals surface area contributed by atoms with Gasteiger partial charge < -0.3 is 0 Å². The molecule has 3 aromatic rings. The topological polar surface area (TPSA) is 67.3 Å². The van der Waals surface area contributed by atoms with E-state index < -0.39 is 0 Å².